The number of hydrogen-bond donors (Lipinski definition) is 2. The van der Waals surface area contributed by atoms with E-state index in [1.165, 1.54) is 35.9 Å². The van der Waals surface area contributed by atoms with Gasteiger partial charge in [-0.05, 0) is 68.3 Å². The molecule has 294 valence electrons. The molecule has 0 fully saturated rings. The molecule has 57 heavy (non-hydrogen) atoms. The van der Waals surface area contributed by atoms with Gasteiger partial charge in [0.1, 0.15) is 38.9 Å². The van der Waals surface area contributed by atoms with Gasteiger partial charge in [0.05, 0.1) is 36.4 Å². The molecule has 2 N–H and O–H groups in total. The fourth-order valence-electron chi connectivity index (χ4n) is 5.33. The van der Waals surface area contributed by atoms with Gasteiger partial charge in [0, 0.05) is 42.6 Å². The molecule has 4 aromatic rings. The third kappa shape index (κ3) is 14.2. The van der Waals surface area contributed by atoms with Crippen molar-refractivity contribution in [3.05, 3.63) is 75.9 Å². The van der Waals surface area contributed by atoms with Gasteiger partial charge in [-0.3, -0.25) is 4.79 Å². The average Bonchev–Trinajstić information content (AvgIpc) is 3.45. The van der Waals surface area contributed by atoms with Crippen LogP contribution in [-0.4, -0.2) is 67.2 Å². The molecule has 0 radical (unpaired) electrons. The molecule has 0 aliphatic rings. The standard InChI is InChI=1S/C35H40Cl2N8O8S2.2Na/c1-6-44(14-7-8-15-54(47,48)49)24-12-13-30(31(18-24)40-22(2)46)41-42-34-27(20-38)33(35(3,4)5)43-45(34)32-28(36)16-23(17-29(32)37)39-21-53-25-10-9-11-26(19-25)55(50,51)52;;/h9-13,16-19,39H,6-8,14-15,21H2,1-5H3,(H,40,46)(H,47,48,49)(H,50,51,52);;/q;2*+1/p-2. The van der Waals surface area contributed by atoms with Crippen LogP contribution in [0.1, 0.15) is 58.7 Å². The fourth-order valence-corrected chi connectivity index (χ4v) is 7.04. The second-order valence-corrected chi connectivity index (χ2v) is 16.9. The number of unbranched alkanes of at least 4 members (excludes halogenated alkanes) is 1. The second-order valence-electron chi connectivity index (χ2n) is 13.1. The van der Waals surface area contributed by atoms with E-state index in [1.807, 2.05) is 32.6 Å². The van der Waals surface area contributed by atoms with Crippen molar-refractivity contribution in [2.75, 3.05) is 41.1 Å². The first-order valence-corrected chi connectivity index (χ1v) is 20.4. The van der Waals surface area contributed by atoms with Gasteiger partial charge in [-0.2, -0.15) is 10.4 Å². The van der Waals surface area contributed by atoms with Gasteiger partial charge in [-0.25, -0.2) is 21.5 Å². The summed E-state index contributed by atoms with van der Waals surface area (Å²) in [6.07, 6.45) is 0.654. The monoisotopic (exact) mass is 878 g/mol. The number of nitrogens with one attached hydrogen (secondary N) is 2. The number of aromatic nitrogens is 2. The molecule has 0 saturated carbocycles. The summed E-state index contributed by atoms with van der Waals surface area (Å²) in [5, 5.41) is 29.8. The number of amides is 1. The number of hydrogen-bond acceptors (Lipinski definition) is 14. The number of azo groups is 1. The smallest absolute Gasteiger partial charge is 0.748 e. The first-order valence-electron chi connectivity index (χ1n) is 16.7. The molecule has 0 unspecified atom stereocenters. The van der Waals surface area contributed by atoms with Gasteiger partial charge in [-0.1, -0.05) is 50.0 Å². The van der Waals surface area contributed by atoms with Crippen molar-refractivity contribution in [1.82, 2.24) is 9.78 Å². The SMILES string of the molecule is CCN(CCCCS(=O)(=O)[O-])c1ccc(N=Nc2c(C#N)c(C(C)(C)C)nn2-c2c(Cl)cc(NCOc3cccc(S(=O)(=O)[O-])c3)cc2Cl)c(NC(C)=O)c1.[Na+].[Na+]. The molecule has 0 spiro atoms. The summed E-state index contributed by atoms with van der Waals surface area (Å²) in [6, 6.07) is 15.4. The Labute approximate surface area is 386 Å². The van der Waals surface area contributed by atoms with E-state index >= 15 is 0 Å². The van der Waals surface area contributed by atoms with Crippen LogP contribution in [0.5, 0.6) is 5.75 Å². The van der Waals surface area contributed by atoms with Crippen LogP contribution >= 0.6 is 23.2 Å². The summed E-state index contributed by atoms with van der Waals surface area (Å²) >= 11 is 13.6. The topological polar surface area (TPSA) is 234 Å². The number of carbonyl (C=O) groups is 1. The van der Waals surface area contributed by atoms with E-state index < -0.39 is 36.3 Å². The molecule has 0 atom stereocenters. The first kappa shape index (κ1) is 50.4. The Morgan fingerprint density at radius 1 is 1.02 bits per heavy atom. The zero-order chi connectivity index (χ0) is 40.7. The van der Waals surface area contributed by atoms with Crippen molar-refractivity contribution in [3.63, 3.8) is 0 Å². The Kier molecular flexibility index (Phi) is 19.0. The molecule has 0 aliphatic heterocycles. The van der Waals surface area contributed by atoms with E-state index in [4.69, 9.17) is 33.0 Å². The normalized spacial score (nSPS) is 11.6. The van der Waals surface area contributed by atoms with Crippen molar-refractivity contribution in [1.29, 1.82) is 5.26 Å². The number of benzene rings is 3. The van der Waals surface area contributed by atoms with E-state index in [0.717, 1.165) is 12.1 Å². The predicted molar refractivity (Wildman–Crippen MR) is 207 cm³/mol. The largest absolute Gasteiger partial charge is 1.00 e. The summed E-state index contributed by atoms with van der Waals surface area (Å²) in [5.74, 6) is -0.690. The summed E-state index contributed by atoms with van der Waals surface area (Å²) < 4.78 is 74.0. The Bertz CT molecular complexity index is 2350. The molecule has 0 aliphatic carbocycles. The predicted octanol–water partition coefficient (Wildman–Crippen LogP) is 1.23. The van der Waals surface area contributed by atoms with E-state index in [2.05, 4.69) is 26.9 Å². The van der Waals surface area contributed by atoms with Crippen molar-refractivity contribution in [2.45, 2.75) is 57.8 Å². The molecule has 1 amide bonds. The minimum absolute atomic E-state index is 0. The molecular weight excluding hydrogens is 841 g/mol. The van der Waals surface area contributed by atoms with Gasteiger partial charge in [0.15, 0.2) is 12.5 Å². The molecule has 4 rings (SSSR count). The van der Waals surface area contributed by atoms with E-state index in [-0.39, 0.29) is 117 Å². The Morgan fingerprint density at radius 2 is 1.68 bits per heavy atom. The molecule has 1 heterocycles. The number of nitriles is 1. The van der Waals surface area contributed by atoms with Gasteiger partial charge in [-0.15, -0.1) is 10.2 Å². The quantitative estimate of drug-likeness (QED) is 0.0532. The van der Waals surface area contributed by atoms with Crippen molar-refractivity contribution in [3.8, 4) is 17.5 Å². The summed E-state index contributed by atoms with van der Waals surface area (Å²) in [4.78, 5) is 13.7. The third-order valence-electron chi connectivity index (χ3n) is 7.88. The number of carbonyl (C=O) groups excluding carboxylic acids is 1. The number of halogens is 2. The van der Waals surface area contributed by atoms with E-state index in [0.29, 0.717) is 42.3 Å². The van der Waals surface area contributed by atoms with Crippen LogP contribution in [0, 0.1) is 11.3 Å². The number of ether oxygens (including phenoxy) is 1. The number of anilines is 3. The van der Waals surface area contributed by atoms with Crippen LogP contribution in [0.4, 0.5) is 28.6 Å². The fraction of sp³-hybridized carbons (Fsp3) is 0.343. The number of nitrogens with zero attached hydrogens (tertiary/aromatic N) is 6. The minimum atomic E-state index is -4.67. The van der Waals surface area contributed by atoms with Crippen molar-refractivity contribution in [2.24, 2.45) is 10.2 Å². The maximum absolute atomic E-state index is 12.2. The molecule has 0 saturated heterocycles. The minimum Gasteiger partial charge on any atom is -0.748 e. The summed E-state index contributed by atoms with van der Waals surface area (Å²) in [6.45, 7) is 9.70. The van der Waals surface area contributed by atoms with Crippen molar-refractivity contribution < 1.29 is 94.6 Å². The van der Waals surface area contributed by atoms with Crippen LogP contribution in [-0.2, 0) is 30.4 Å². The molecule has 1 aromatic heterocycles. The van der Waals surface area contributed by atoms with Crippen LogP contribution in [0.2, 0.25) is 10.0 Å². The van der Waals surface area contributed by atoms with Crippen LogP contribution in [0.25, 0.3) is 5.69 Å². The van der Waals surface area contributed by atoms with Crippen LogP contribution in [0.3, 0.4) is 0 Å². The Hall–Kier alpha value is -2.77. The van der Waals surface area contributed by atoms with E-state index in [9.17, 15) is 36.0 Å². The molecule has 3 aromatic carbocycles. The van der Waals surface area contributed by atoms with Gasteiger partial charge >= 0.3 is 59.1 Å². The summed E-state index contributed by atoms with van der Waals surface area (Å²) in [5.41, 5.74) is 1.72. The first-order chi connectivity index (χ1) is 25.7. The van der Waals surface area contributed by atoms with Gasteiger partial charge < -0.3 is 29.4 Å². The van der Waals surface area contributed by atoms with Crippen LogP contribution < -0.4 is 79.4 Å². The van der Waals surface area contributed by atoms with Gasteiger partial charge in [0.2, 0.25) is 5.91 Å². The van der Waals surface area contributed by atoms with E-state index in [1.54, 1.807) is 18.2 Å². The maximum Gasteiger partial charge on any atom is 1.00 e. The maximum atomic E-state index is 12.2. The average molecular weight is 880 g/mol. The number of rotatable bonds is 16. The molecule has 16 nitrogen and oxygen atoms in total. The molecule has 0 bridgehead atoms. The zero-order valence-electron chi connectivity index (χ0n) is 32.5. The molecule has 22 heteroatoms. The Balaban J connectivity index is 0.00000561. The molecular formula is C35H38Cl2N8Na2O8S2. The Morgan fingerprint density at radius 3 is 2.25 bits per heavy atom. The zero-order valence-corrected chi connectivity index (χ0v) is 39.6. The van der Waals surface area contributed by atoms with Crippen molar-refractivity contribution >= 4 is 77.9 Å². The summed E-state index contributed by atoms with van der Waals surface area (Å²) in [7, 11) is -8.98. The second kappa shape index (κ2) is 21.5. The van der Waals surface area contributed by atoms with Gasteiger partial charge in [0.25, 0.3) is 0 Å². The third-order valence-corrected chi connectivity index (χ3v) is 10.1. The van der Waals surface area contributed by atoms with Crippen LogP contribution in [0.15, 0.2) is 69.7 Å².